The van der Waals surface area contributed by atoms with Crippen LogP contribution in [-0.2, 0) is 27.4 Å². The molecule has 1 N–H and O–H groups in total. The predicted octanol–water partition coefficient (Wildman–Crippen LogP) is 4.96. The molecule has 0 radical (unpaired) electrons. The van der Waals surface area contributed by atoms with Crippen molar-refractivity contribution in [3.8, 4) is 0 Å². The Morgan fingerprint density at radius 1 is 0.943 bits per heavy atom. The number of aliphatic hydroxyl groups is 1. The summed E-state index contributed by atoms with van der Waals surface area (Å²) in [4.78, 5) is 29.7. The van der Waals surface area contributed by atoms with E-state index in [9.17, 15) is 14.7 Å². The number of aryl methyl sites for hydroxylation is 1. The fourth-order valence-corrected chi connectivity index (χ4v) is 5.88. The third-order valence-electron chi connectivity index (χ3n) is 6.54. The number of rotatable bonds is 9. The molecule has 3 aromatic rings. The van der Waals surface area contributed by atoms with Crippen LogP contribution in [0.3, 0.4) is 0 Å². The maximum atomic E-state index is 13.2. The smallest absolute Gasteiger partial charge is 0.356 e. The summed E-state index contributed by atoms with van der Waals surface area (Å²) in [6, 6.07) is 29.0. The van der Waals surface area contributed by atoms with Crippen molar-refractivity contribution in [2.45, 2.75) is 42.9 Å². The van der Waals surface area contributed by atoms with Gasteiger partial charge in [-0.2, -0.15) is 0 Å². The number of ether oxygens (including phenoxy) is 1. The van der Waals surface area contributed by atoms with Crippen LogP contribution in [0.15, 0.2) is 106 Å². The maximum absolute atomic E-state index is 13.2. The highest BCUT2D eigenvalue weighted by Gasteiger charge is 2.57. The van der Waals surface area contributed by atoms with Crippen molar-refractivity contribution in [1.29, 1.82) is 0 Å². The molecule has 0 aromatic heterocycles. The molecule has 5 nitrogen and oxygen atoms in total. The molecule has 0 saturated carbocycles. The molecule has 2 heterocycles. The molecule has 6 heteroatoms. The number of benzene rings is 3. The van der Waals surface area contributed by atoms with E-state index < -0.39 is 18.0 Å². The number of hydrogen-bond donors (Lipinski definition) is 1. The van der Waals surface area contributed by atoms with Gasteiger partial charge in [-0.25, -0.2) is 4.79 Å². The summed E-state index contributed by atoms with van der Waals surface area (Å²) in [6.45, 7) is 0.141. The Kier molecular flexibility index (Phi) is 7.02. The van der Waals surface area contributed by atoms with E-state index in [1.807, 2.05) is 91.0 Å². The number of aliphatic hydroxyl groups excluding tert-OH is 1. The number of nitrogens with zero attached hydrogens (tertiary/aromatic N) is 1. The van der Waals surface area contributed by atoms with Gasteiger partial charge in [0.05, 0.1) is 18.1 Å². The average molecular weight is 486 g/mol. The van der Waals surface area contributed by atoms with E-state index >= 15 is 0 Å². The third-order valence-corrected chi connectivity index (χ3v) is 7.66. The Hall–Kier alpha value is -3.35. The number of amides is 1. The van der Waals surface area contributed by atoms with Crippen LogP contribution < -0.4 is 0 Å². The highest BCUT2D eigenvalue weighted by Crippen LogP contribution is 2.49. The van der Waals surface area contributed by atoms with E-state index in [1.165, 1.54) is 11.8 Å². The molecule has 3 atom stereocenters. The van der Waals surface area contributed by atoms with Gasteiger partial charge < -0.3 is 14.7 Å². The SMILES string of the molecule is O=C(OCc1ccccc1)C1=C(Sc2ccccc2)CC2C(C(O)CCc3ccccc3)C(=O)N12. The second-order valence-electron chi connectivity index (χ2n) is 8.85. The summed E-state index contributed by atoms with van der Waals surface area (Å²) >= 11 is 1.49. The van der Waals surface area contributed by atoms with Gasteiger partial charge in [0.15, 0.2) is 0 Å². The number of hydrogen-bond acceptors (Lipinski definition) is 5. The van der Waals surface area contributed by atoms with Crippen molar-refractivity contribution in [2.75, 3.05) is 0 Å². The van der Waals surface area contributed by atoms with Crippen LogP contribution in [0.4, 0.5) is 0 Å². The van der Waals surface area contributed by atoms with Crippen molar-refractivity contribution in [3.05, 3.63) is 113 Å². The minimum absolute atomic E-state index is 0.141. The third kappa shape index (κ3) is 5.04. The average Bonchev–Trinajstić information content (AvgIpc) is 3.22. The molecular weight excluding hydrogens is 458 g/mol. The molecule has 0 aliphatic carbocycles. The predicted molar refractivity (Wildman–Crippen MR) is 135 cm³/mol. The van der Waals surface area contributed by atoms with Crippen molar-refractivity contribution in [1.82, 2.24) is 4.90 Å². The van der Waals surface area contributed by atoms with Crippen LogP contribution in [0.2, 0.25) is 0 Å². The molecule has 3 aromatic carbocycles. The zero-order valence-electron chi connectivity index (χ0n) is 19.2. The van der Waals surface area contributed by atoms with Crippen molar-refractivity contribution < 1.29 is 19.4 Å². The number of carbonyl (C=O) groups excluding carboxylic acids is 2. The number of fused-ring (bicyclic) bond motifs is 1. The van der Waals surface area contributed by atoms with Crippen molar-refractivity contribution in [2.24, 2.45) is 5.92 Å². The topological polar surface area (TPSA) is 66.8 Å². The van der Waals surface area contributed by atoms with Crippen LogP contribution >= 0.6 is 11.8 Å². The fourth-order valence-electron chi connectivity index (χ4n) is 4.77. The lowest BCUT2D eigenvalue weighted by Gasteiger charge is -2.45. The standard InChI is InChI=1S/C29H27NO4S/c31-24(17-16-20-10-4-1-5-11-20)26-23-18-25(35-22-14-8-3-9-15-22)27(30(23)28(26)32)29(33)34-19-21-12-6-2-7-13-21/h1-15,23-24,26,31H,16-19H2. The monoisotopic (exact) mass is 485 g/mol. The summed E-state index contributed by atoms with van der Waals surface area (Å²) in [5.41, 5.74) is 2.33. The molecule has 2 aliphatic heterocycles. The lowest BCUT2D eigenvalue weighted by atomic mass is 9.81. The van der Waals surface area contributed by atoms with Gasteiger partial charge in [0.2, 0.25) is 5.91 Å². The molecule has 0 spiro atoms. The van der Waals surface area contributed by atoms with Crippen LogP contribution in [0, 0.1) is 5.92 Å². The van der Waals surface area contributed by atoms with Gasteiger partial charge in [0.25, 0.3) is 0 Å². The highest BCUT2D eigenvalue weighted by atomic mass is 32.2. The van der Waals surface area contributed by atoms with Crippen LogP contribution in [-0.4, -0.2) is 34.0 Å². The first-order chi connectivity index (χ1) is 17.1. The van der Waals surface area contributed by atoms with E-state index in [2.05, 4.69) is 0 Å². The van der Waals surface area contributed by atoms with Crippen LogP contribution in [0.1, 0.15) is 24.0 Å². The molecule has 178 valence electrons. The normalized spacial score (nSPS) is 19.8. The van der Waals surface area contributed by atoms with E-state index in [0.717, 1.165) is 20.9 Å². The number of esters is 1. The first-order valence-corrected chi connectivity index (χ1v) is 12.7. The molecule has 3 unspecified atom stereocenters. The molecule has 1 amide bonds. The molecule has 5 rings (SSSR count). The largest absolute Gasteiger partial charge is 0.456 e. The van der Waals surface area contributed by atoms with Crippen LogP contribution in [0.5, 0.6) is 0 Å². The lowest BCUT2D eigenvalue weighted by Crippen LogP contribution is -2.62. The molecule has 0 bridgehead atoms. The van der Waals surface area contributed by atoms with Crippen molar-refractivity contribution in [3.63, 3.8) is 0 Å². The van der Waals surface area contributed by atoms with Gasteiger partial charge in [-0.3, -0.25) is 4.79 Å². The maximum Gasteiger partial charge on any atom is 0.356 e. The Morgan fingerprint density at radius 3 is 2.20 bits per heavy atom. The second-order valence-corrected chi connectivity index (χ2v) is 10.0. The van der Waals surface area contributed by atoms with E-state index in [-0.39, 0.29) is 18.6 Å². The Labute approximate surface area is 209 Å². The van der Waals surface area contributed by atoms with Crippen LogP contribution in [0.25, 0.3) is 0 Å². The molecule has 1 fully saturated rings. The Balaban J connectivity index is 1.32. The summed E-state index contributed by atoms with van der Waals surface area (Å²) < 4.78 is 5.62. The second kappa shape index (κ2) is 10.5. The zero-order valence-corrected chi connectivity index (χ0v) is 20.1. The van der Waals surface area contributed by atoms with Gasteiger partial charge >= 0.3 is 5.97 Å². The first kappa shape index (κ1) is 23.4. The molecule has 1 saturated heterocycles. The van der Waals surface area contributed by atoms with Gasteiger partial charge in [0, 0.05) is 16.2 Å². The minimum Gasteiger partial charge on any atom is -0.456 e. The highest BCUT2D eigenvalue weighted by molar-refractivity contribution is 8.03. The number of thioether (sulfide) groups is 1. The molecule has 35 heavy (non-hydrogen) atoms. The number of β-lactam (4-membered cyclic amide) rings is 1. The first-order valence-electron chi connectivity index (χ1n) is 11.8. The Bertz CT molecular complexity index is 1210. The quantitative estimate of drug-likeness (QED) is 0.343. The summed E-state index contributed by atoms with van der Waals surface area (Å²) in [5.74, 6) is -1.21. The fraction of sp³-hybridized carbons (Fsp3) is 0.241. The Morgan fingerprint density at radius 2 is 1.54 bits per heavy atom. The van der Waals surface area contributed by atoms with Gasteiger partial charge in [-0.1, -0.05) is 90.6 Å². The number of carbonyl (C=O) groups is 2. The van der Waals surface area contributed by atoms with Gasteiger partial charge in [-0.05, 0) is 36.1 Å². The lowest BCUT2D eigenvalue weighted by molar-refractivity contribution is -0.163. The van der Waals surface area contributed by atoms with Gasteiger partial charge in [-0.15, -0.1) is 0 Å². The summed E-state index contributed by atoms with van der Waals surface area (Å²) in [7, 11) is 0. The summed E-state index contributed by atoms with van der Waals surface area (Å²) in [5, 5.41) is 10.9. The zero-order chi connectivity index (χ0) is 24.2. The van der Waals surface area contributed by atoms with Crippen molar-refractivity contribution >= 4 is 23.6 Å². The summed E-state index contributed by atoms with van der Waals surface area (Å²) in [6.07, 6.45) is 0.976. The van der Waals surface area contributed by atoms with E-state index in [1.54, 1.807) is 4.90 Å². The molecular formula is C29H27NO4S. The van der Waals surface area contributed by atoms with Gasteiger partial charge in [0.1, 0.15) is 12.3 Å². The minimum atomic E-state index is -0.758. The van der Waals surface area contributed by atoms with E-state index in [4.69, 9.17) is 4.74 Å². The molecule has 2 aliphatic rings. The van der Waals surface area contributed by atoms with E-state index in [0.29, 0.717) is 25.0 Å².